The maximum absolute atomic E-state index is 11.5. The molecule has 0 bridgehead atoms. The number of nitrogens with two attached hydrogens (primary N) is 2. The van der Waals surface area contributed by atoms with Gasteiger partial charge in [0.05, 0.1) is 0 Å². The Morgan fingerprint density at radius 3 is 2.63 bits per heavy atom. The Morgan fingerprint density at radius 1 is 1.32 bits per heavy atom. The second kappa shape index (κ2) is 5.30. The summed E-state index contributed by atoms with van der Waals surface area (Å²) in [6, 6.07) is 5.00. The minimum absolute atomic E-state index is 0.0610. The van der Waals surface area contributed by atoms with Crippen molar-refractivity contribution in [2.24, 2.45) is 5.73 Å². The number of anilines is 2. The number of benzene rings is 1. The van der Waals surface area contributed by atoms with Crippen LogP contribution in [0.3, 0.4) is 0 Å². The predicted molar refractivity (Wildman–Crippen MR) is 75.0 cm³/mol. The van der Waals surface area contributed by atoms with Crippen molar-refractivity contribution in [2.45, 2.75) is 32.2 Å². The van der Waals surface area contributed by atoms with Gasteiger partial charge in [0.25, 0.3) is 0 Å². The monoisotopic (exact) mass is 261 g/mol. The second-order valence-electron chi connectivity index (χ2n) is 4.94. The number of piperidine rings is 1. The van der Waals surface area contributed by atoms with Crippen molar-refractivity contribution in [3.63, 3.8) is 0 Å². The molecule has 1 aliphatic heterocycles. The van der Waals surface area contributed by atoms with Crippen molar-refractivity contribution in [3.8, 4) is 0 Å². The minimum atomic E-state index is -0.311. The normalized spacial score (nSPS) is 19.2. The van der Waals surface area contributed by atoms with E-state index in [9.17, 15) is 9.59 Å². The smallest absolute Gasteiger partial charge is 0.240 e. The molecule has 1 atom stereocenters. The number of hydrogen-bond donors (Lipinski definition) is 2. The standard InChI is InChI=1S/C14H19N3O2/c1-9(18)11-6-5-10(8-12(11)15)17-7-3-2-4-13(17)14(16)19/h5-6,8,13H,2-4,7,15H2,1H3,(H2,16,19). The lowest BCUT2D eigenvalue weighted by Gasteiger charge is -2.35. The zero-order chi connectivity index (χ0) is 14.0. The number of ketones is 1. The van der Waals surface area contributed by atoms with Crippen LogP contribution < -0.4 is 16.4 Å². The van der Waals surface area contributed by atoms with Gasteiger partial charge in [0.1, 0.15) is 6.04 Å². The van der Waals surface area contributed by atoms with Gasteiger partial charge in [0.15, 0.2) is 5.78 Å². The third kappa shape index (κ3) is 2.70. The van der Waals surface area contributed by atoms with Crippen molar-refractivity contribution in [2.75, 3.05) is 17.2 Å². The first kappa shape index (κ1) is 13.4. The Bertz CT molecular complexity index is 513. The molecular weight excluding hydrogens is 242 g/mol. The maximum atomic E-state index is 11.5. The number of carbonyl (C=O) groups excluding carboxylic acids is 2. The lowest BCUT2D eigenvalue weighted by Crippen LogP contribution is -2.47. The number of hydrogen-bond acceptors (Lipinski definition) is 4. The van der Waals surface area contributed by atoms with Crippen LogP contribution in [0.1, 0.15) is 36.5 Å². The molecule has 0 aromatic heterocycles. The van der Waals surface area contributed by atoms with Crippen LogP contribution in [0.4, 0.5) is 11.4 Å². The van der Waals surface area contributed by atoms with Crippen LogP contribution in [0.15, 0.2) is 18.2 Å². The molecule has 5 nitrogen and oxygen atoms in total. The molecule has 19 heavy (non-hydrogen) atoms. The van der Waals surface area contributed by atoms with E-state index in [2.05, 4.69) is 0 Å². The number of amides is 1. The van der Waals surface area contributed by atoms with E-state index in [0.717, 1.165) is 31.5 Å². The van der Waals surface area contributed by atoms with Crippen LogP contribution in [0.2, 0.25) is 0 Å². The van der Waals surface area contributed by atoms with Crippen LogP contribution in [-0.4, -0.2) is 24.3 Å². The van der Waals surface area contributed by atoms with E-state index < -0.39 is 0 Å². The Balaban J connectivity index is 2.32. The van der Waals surface area contributed by atoms with Crippen molar-refractivity contribution in [1.29, 1.82) is 0 Å². The molecule has 1 fully saturated rings. The van der Waals surface area contributed by atoms with Crippen LogP contribution in [0, 0.1) is 0 Å². The fourth-order valence-corrected chi connectivity index (χ4v) is 2.59. The minimum Gasteiger partial charge on any atom is -0.398 e. The Labute approximate surface area is 112 Å². The number of nitrogens with zero attached hydrogens (tertiary/aromatic N) is 1. The van der Waals surface area contributed by atoms with Gasteiger partial charge in [0, 0.05) is 23.5 Å². The fraction of sp³-hybridized carbons (Fsp3) is 0.429. The number of Topliss-reactive ketones (excluding diaryl/α,β-unsaturated/α-hetero) is 1. The van der Waals surface area contributed by atoms with E-state index in [4.69, 9.17) is 11.5 Å². The summed E-state index contributed by atoms with van der Waals surface area (Å²) in [7, 11) is 0. The molecule has 0 aliphatic carbocycles. The SMILES string of the molecule is CC(=O)c1ccc(N2CCCCC2C(N)=O)cc1N. The molecule has 0 saturated carbocycles. The molecule has 1 aliphatic rings. The van der Waals surface area contributed by atoms with Gasteiger partial charge >= 0.3 is 0 Å². The third-order valence-electron chi connectivity index (χ3n) is 3.58. The largest absolute Gasteiger partial charge is 0.398 e. The lowest BCUT2D eigenvalue weighted by molar-refractivity contribution is -0.119. The van der Waals surface area contributed by atoms with Crippen LogP contribution in [-0.2, 0) is 4.79 Å². The van der Waals surface area contributed by atoms with Gasteiger partial charge in [0.2, 0.25) is 5.91 Å². The summed E-state index contributed by atoms with van der Waals surface area (Å²) in [5.41, 5.74) is 13.1. The topological polar surface area (TPSA) is 89.4 Å². The highest BCUT2D eigenvalue weighted by Gasteiger charge is 2.27. The highest BCUT2D eigenvalue weighted by molar-refractivity contribution is 5.99. The molecule has 1 amide bonds. The third-order valence-corrected chi connectivity index (χ3v) is 3.58. The van der Waals surface area contributed by atoms with Crippen LogP contribution >= 0.6 is 0 Å². The van der Waals surface area contributed by atoms with Gasteiger partial charge in [-0.3, -0.25) is 9.59 Å². The molecule has 0 radical (unpaired) electrons. The van der Waals surface area contributed by atoms with E-state index in [-0.39, 0.29) is 17.7 Å². The zero-order valence-corrected chi connectivity index (χ0v) is 11.1. The number of primary amides is 1. The molecule has 2 rings (SSSR count). The Morgan fingerprint density at radius 2 is 2.05 bits per heavy atom. The Kier molecular flexibility index (Phi) is 3.74. The average Bonchev–Trinajstić information content (AvgIpc) is 2.38. The van der Waals surface area contributed by atoms with E-state index >= 15 is 0 Å². The summed E-state index contributed by atoms with van der Waals surface area (Å²) >= 11 is 0. The van der Waals surface area contributed by atoms with Crippen molar-refractivity contribution in [3.05, 3.63) is 23.8 Å². The number of carbonyl (C=O) groups is 2. The highest BCUT2D eigenvalue weighted by atomic mass is 16.1. The van der Waals surface area contributed by atoms with Crippen molar-refractivity contribution in [1.82, 2.24) is 0 Å². The molecule has 5 heteroatoms. The lowest BCUT2D eigenvalue weighted by atomic mass is 9.99. The number of rotatable bonds is 3. The van der Waals surface area contributed by atoms with Crippen molar-refractivity contribution < 1.29 is 9.59 Å². The molecule has 1 aromatic rings. The first-order valence-corrected chi connectivity index (χ1v) is 6.47. The second-order valence-corrected chi connectivity index (χ2v) is 4.94. The summed E-state index contributed by atoms with van der Waals surface area (Å²) < 4.78 is 0. The summed E-state index contributed by atoms with van der Waals surface area (Å²) in [5, 5.41) is 0. The molecule has 0 spiro atoms. The molecule has 4 N–H and O–H groups in total. The van der Waals surface area contributed by atoms with Crippen LogP contribution in [0.25, 0.3) is 0 Å². The predicted octanol–water partition coefficient (Wildman–Crippen LogP) is 1.32. The first-order valence-electron chi connectivity index (χ1n) is 6.47. The molecule has 1 saturated heterocycles. The van der Waals surface area contributed by atoms with Gasteiger partial charge in [-0.25, -0.2) is 0 Å². The number of nitrogen functional groups attached to an aromatic ring is 1. The molecule has 1 aromatic carbocycles. The van der Waals surface area contributed by atoms with E-state index in [1.807, 2.05) is 11.0 Å². The average molecular weight is 261 g/mol. The summed E-state index contributed by atoms with van der Waals surface area (Å²) in [6.07, 6.45) is 2.80. The quantitative estimate of drug-likeness (QED) is 0.634. The summed E-state index contributed by atoms with van der Waals surface area (Å²) in [4.78, 5) is 24.8. The molecule has 1 heterocycles. The molecule has 102 valence electrons. The molecular formula is C14H19N3O2. The maximum Gasteiger partial charge on any atom is 0.240 e. The van der Waals surface area contributed by atoms with Crippen molar-refractivity contribution >= 4 is 23.1 Å². The van der Waals surface area contributed by atoms with Gasteiger partial charge < -0.3 is 16.4 Å². The van der Waals surface area contributed by atoms with E-state index in [0.29, 0.717) is 11.3 Å². The summed E-state index contributed by atoms with van der Waals surface area (Å²) in [5.74, 6) is -0.372. The van der Waals surface area contributed by atoms with Gasteiger partial charge in [-0.15, -0.1) is 0 Å². The highest BCUT2D eigenvalue weighted by Crippen LogP contribution is 2.28. The molecule has 1 unspecified atom stereocenters. The zero-order valence-electron chi connectivity index (χ0n) is 11.1. The Hall–Kier alpha value is -2.04. The van der Waals surface area contributed by atoms with E-state index in [1.54, 1.807) is 12.1 Å². The van der Waals surface area contributed by atoms with Crippen LogP contribution in [0.5, 0.6) is 0 Å². The summed E-state index contributed by atoms with van der Waals surface area (Å²) in [6.45, 7) is 2.27. The van der Waals surface area contributed by atoms with Gasteiger partial charge in [-0.1, -0.05) is 0 Å². The van der Waals surface area contributed by atoms with Gasteiger partial charge in [-0.2, -0.15) is 0 Å². The van der Waals surface area contributed by atoms with E-state index in [1.165, 1.54) is 6.92 Å². The van der Waals surface area contributed by atoms with Gasteiger partial charge in [-0.05, 0) is 44.4 Å². The fourth-order valence-electron chi connectivity index (χ4n) is 2.59. The first-order chi connectivity index (χ1) is 9.00.